The summed E-state index contributed by atoms with van der Waals surface area (Å²) in [6.45, 7) is 6.57. The molecule has 2 atom stereocenters. The number of para-hydroxylation sites is 1. The van der Waals surface area contributed by atoms with Crippen LogP contribution in [0, 0.1) is 0 Å². The Balaban J connectivity index is 2.52. The van der Waals surface area contributed by atoms with Crippen molar-refractivity contribution < 1.29 is 4.42 Å². The molecule has 0 aliphatic rings. The highest BCUT2D eigenvalue weighted by Crippen LogP contribution is 2.31. The molecule has 1 heterocycles. The van der Waals surface area contributed by atoms with E-state index in [1.165, 1.54) is 10.9 Å². The molecule has 0 amide bonds. The summed E-state index contributed by atoms with van der Waals surface area (Å²) in [7, 11) is 1.95. The van der Waals surface area contributed by atoms with E-state index in [9.17, 15) is 0 Å². The Labute approximate surface area is 103 Å². The van der Waals surface area contributed by atoms with E-state index in [2.05, 4.69) is 50.4 Å². The molecule has 0 spiro atoms. The highest BCUT2D eigenvalue weighted by atomic mass is 16.3. The fraction of sp³-hybridized carbons (Fsp3) is 0.467. The van der Waals surface area contributed by atoms with Crippen LogP contribution in [0.4, 0.5) is 0 Å². The maximum absolute atomic E-state index is 6.01. The Morgan fingerprint density at radius 2 is 2.06 bits per heavy atom. The van der Waals surface area contributed by atoms with Gasteiger partial charge >= 0.3 is 0 Å². The third-order valence-corrected chi connectivity index (χ3v) is 3.60. The van der Waals surface area contributed by atoms with Crippen LogP contribution in [0.5, 0.6) is 0 Å². The van der Waals surface area contributed by atoms with Gasteiger partial charge in [0.25, 0.3) is 0 Å². The lowest BCUT2D eigenvalue weighted by Gasteiger charge is -2.09. The van der Waals surface area contributed by atoms with Crippen molar-refractivity contribution in [1.82, 2.24) is 5.32 Å². The number of hydrogen-bond donors (Lipinski definition) is 1. The third kappa shape index (κ3) is 2.22. The first-order valence-electron chi connectivity index (χ1n) is 6.37. The normalized spacial score (nSPS) is 15.1. The van der Waals surface area contributed by atoms with Gasteiger partial charge in [-0.3, -0.25) is 0 Å². The van der Waals surface area contributed by atoms with Gasteiger partial charge in [0, 0.05) is 5.39 Å². The average Bonchev–Trinajstić information content (AvgIpc) is 2.80. The van der Waals surface area contributed by atoms with E-state index in [-0.39, 0.29) is 6.04 Å². The summed E-state index contributed by atoms with van der Waals surface area (Å²) in [6, 6.07) is 8.81. The molecule has 2 aromatic rings. The average molecular weight is 231 g/mol. The van der Waals surface area contributed by atoms with Gasteiger partial charge in [0.1, 0.15) is 11.3 Å². The fourth-order valence-corrected chi connectivity index (χ4v) is 2.07. The molecular weight excluding hydrogens is 210 g/mol. The number of nitrogens with one attached hydrogen (secondary N) is 1. The first kappa shape index (κ1) is 12.2. The fourth-order valence-electron chi connectivity index (χ4n) is 2.07. The van der Waals surface area contributed by atoms with Crippen molar-refractivity contribution >= 4 is 11.0 Å². The second-order valence-corrected chi connectivity index (χ2v) is 4.73. The third-order valence-electron chi connectivity index (χ3n) is 3.60. The number of benzene rings is 1. The number of furan rings is 1. The van der Waals surface area contributed by atoms with Crippen LogP contribution >= 0.6 is 0 Å². The first-order chi connectivity index (χ1) is 8.17. The van der Waals surface area contributed by atoms with E-state index < -0.39 is 0 Å². The number of hydrogen-bond acceptors (Lipinski definition) is 2. The summed E-state index contributed by atoms with van der Waals surface area (Å²) in [5.41, 5.74) is 2.37. The lowest BCUT2D eigenvalue weighted by molar-refractivity contribution is 0.471. The van der Waals surface area contributed by atoms with Crippen LogP contribution in [0.2, 0.25) is 0 Å². The van der Waals surface area contributed by atoms with Gasteiger partial charge in [-0.1, -0.05) is 32.0 Å². The van der Waals surface area contributed by atoms with Crippen LogP contribution in [-0.2, 0) is 0 Å². The van der Waals surface area contributed by atoms with Gasteiger partial charge in [0.2, 0.25) is 0 Å². The Morgan fingerprint density at radius 3 is 2.71 bits per heavy atom. The van der Waals surface area contributed by atoms with Gasteiger partial charge in [-0.15, -0.1) is 0 Å². The summed E-state index contributed by atoms with van der Waals surface area (Å²) < 4.78 is 6.01. The lowest BCUT2D eigenvalue weighted by atomic mass is 9.97. The molecule has 1 aromatic carbocycles. The van der Waals surface area contributed by atoms with Gasteiger partial charge in [0.15, 0.2) is 0 Å². The Kier molecular flexibility index (Phi) is 3.53. The predicted octanol–water partition coefficient (Wildman–Crippen LogP) is 4.23. The number of rotatable bonds is 4. The zero-order chi connectivity index (χ0) is 12.4. The Hall–Kier alpha value is -1.28. The number of fused-ring (bicyclic) bond motifs is 1. The van der Waals surface area contributed by atoms with E-state index in [1.54, 1.807) is 0 Å². The van der Waals surface area contributed by atoms with Crippen LogP contribution in [0.3, 0.4) is 0 Å². The molecule has 0 saturated heterocycles. The van der Waals surface area contributed by atoms with Crippen molar-refractivity contribution in [1.29, 1.82) is 0 Å². The second kappa shape index (κ2) is 4.92. The summed E-state index contributed by atoms with van der Waals surface area (Å²) in [4.78, 5) is 0. The molecule has 2 heteroatoms. The molecule has 0 saturated carbocycles. The first-order valence-corrected chi connectivity index (χ1v) is 6.37. The molecule has 0 aliphatic carbocycles. The molecule has 0 radical (unpaired) electrons. The maximum atomic E-state index is 6.01. The minimum absolute atomic E-state index is 0.257. The zero-order valence-corrected chi connectivity index (χ0v) is 11.1. The molecule has 0 fully saturated rings. The maximum Gasteiger partial charge on any atom is 0.137 e. The van der Waals surface area contributed by atoms with E-state index in [4.69, 9.17) is 4.42 Å². The SMILES string of the molecule is CCC(C)c1cccc2cc(C(C)NC)oc12. The van der Waals surface area contributed by atoms with Gasteiger partial charge in [-0.25, -0.2) is 0 Å². The molecule has 1 aromatic heterocycles. The van der Waals surface area contributed by atoms with E-state index in [0.29, 0.717) is 5.92 Å². The smallest absolute Gasteiger partial charge is 0.137 e. The van der Waals surface area contributed by atoms with E-state index in [0.717, 1.165) is 17.8 Å². The minimum Gasteiger partial charge on any atom is -0.459 e. The van der Waals surface area contributed by atoms with Gasteiger partial charge in [0.05, 0.1) is 6.04 Å². The standard InChI is InChI=1S/C15H21NO/c1-5-10(2)13-8-6-7-12-9-14(11(3)16-4)17-15(12)13/h6-11,16H,5H2,1-4H3. The summed E-state index contributed by atoms with van der Waals surface area (Å²) in [5.74, 6) is 1.56. The molecule has 2 nitrogen and oxygen atoms in total. The zero-order valence-electron chi connectivity index (χ0n) is 11.1. The van der Waals surface area contributed by atoms with Gasteiger partial charge < -0.3 is 9.73 Å². The van der Waals surface area contributed by atoms with Gasteiger partial charge in [-0.2, -0.15) is 0 Å². The minimum atomic E-state index is 0.257. The molecule has 92 valence electrons. The lowest BCUT2D eigenvalue weighted by Crippen LogP contribution is -2.10. The molecule has 1 N–H and O–H groups in total. The topological polar surface area (TPSA) is 25.2 Å². The predicted molar refractivity (Wildman–Crippen MR) is 72.4 cm³/mol. The molecule has 17 heavy (non-hydrogen) atoms. The second-order valence-electron chi connectivity index (χ2n) is 4.73. The van der Waals surface area contributed by atoms with Crippen LogP contribution in [-0.4, -0.2) is 7.05 Å². The molecule has 2 unspecified atom stereocenters. The van der Waals surface area contributed by atoms with Gasteiger partial charge in [-0.05, 0) is 37.9 Å². The van der Waals surface area contributed by atoms with Crippen LogP contribution in [0.25, 0.3) is 11.0 Å². The summed E-state index contributed by atoms with van der Waals surface area (Å²) >= 11 is 0. The highest BCUT2D eigenvalue weighted by Gasteiger charge is 2.14. The molecular formula is C15H21NO. The monoisotopic (exact) mass is 231 g/mol. The van der Waals surface area contributed by atoms with Crippen molar-refractivity contribution in [3.8, 4) is 0 Å². The van der Waals surface area contributed by atoms with Crippen molar-refractivity contribution in [3.05, 3.63) is 35.6 Å². The van der Waals surface area contributed by atoms with Crippen LogP contribution < -0.4 is 5.32 Å². The molecule has 0 aliphatic heterocycles. The highest BCUT2D eigenvalue weighted by molar-refractivity contribution is 5.81. The van der Waals surface area contributed by atoms with Crippen molar-refractivity contribution in [3.63, 3.8) is 0 Å². The van der Waals surface area contributed by atoms with Crippen molar-refractivity contribution in [2.75, 3.05) is 7.05 Å². The van der Waals surface area contributed by atoms with Crippen LogP contribution in [0.15, 0.2) is 28.7 Å². The van der Waals surface area contributed by atoms with E-state index in [1.807, 2.05) is 7.05 Å². The molecule has 0 bridgehead atoms. The quantitative estimate of drug-likeness (QED) is 0.852. The summed E-state index contributed by atoms with van der Waals surface area (Å²) in [5, 5.41) is 4.42. The van der Waals surface area contributed by atoms with Crippen molar-refractivity contribution in [2.45, 2.75) is 39.2 Å². The Morgan fingerprint density at radius 1 is 1.29 bits per heavy atom. The van der Waals surface area contributed by atoms with Crippen LogP contribution in [0.1, 0.15) is 50.5 Å². The molecule has 2 rings (SSSR count). The Bertz CT molecular complexity index is 501. The van der Waals surface area contributed by atoms with E-state index >= 15 is 0 Å². The summed E-state index contributed by atoms with van der Waals surface area (Å²) in [6.07, 6.45) is 1.14. The largest absolute Gasteiger partial charge is 0.459 e. The van der Waals surface area contributed by atoms with Crippen molar-refractivity contribution in [2.24, 2.45) is 0 Å².